The Kier molecular flexibility index (Phi) is 8.02. The lowest BCUT2D eigenvalue weighted by Gasteiger charge is -2.12. The topological polar surface area (TPSA) is 95.5 Å². The second-order valence-corrected chi connectivity index (χ2v) is 6.66. The third-order valence-electron chi connectivity index (χ3n) is 4.51. The van der Waals surface area contributed by atoms with Gasteiger partial charge in [-0.15, -0.1) is 0 Å². The minimum atomic E-state index is -0.576. The maximum absolute atomic E-state index is 12.7. The van der Waals surface area contributed by atoms with Crippen molar-refractivity contribution in [3.8, 4) is 23.0 Å². The zero-order valence-corrected chi connectivity index (χ0v) is 18.5. The van der Waals surface area contributed by atoms with Gasteiger partial charge in [-0.2, -0.15) is 5.10 Å². The van der Waals surface area contributed by atoms with Crippen molar-refractivity contribution in [2.75, 3.05) is 20.8 Å². The Labute approximate surface area is 191 Å². The number of esters is 1. The Morgan fingerprint density at radius 2 is 1.58 bits per heavy atom. The normalized spacial score (nSPS) is 10.5. The molecular formula is C25H24N2O6. The monoisotopic (exact) mass is 448 g/mol. The molecule has 0 saturated carbocycles. The predicted octanol–water partition coefficient (Wildman–Crippen LogP) is 4.09. The fourth-order valence-corrected chi connectivity index (χ4v) is 2.90. The van der Waals surface area contributed by atoms with Crippen LogP contribution in [-0.2, 0) is 0 Å². The summed E-state index contributed by atoms with van der Waals surface area (Å²) in [5.41, 5.74) is 3.92. The quantitative estimate of drug-likeness (QED) is 0.229. The van der Waals surface area contributed by atoms with Crippen LogP contribution in [0.3, 0.4) is 0 Å². The van der Waals surface area contributed by atoms with E-state index in [9.17, 15) is 9.59 Å². The van der Waals surface area contributed by atoms with Gasteiger partial charge in [0.2, 0.25) is 0 Å². The molecule has 0 atom stereocenters. The molecule has 3 aromatic rings. The van der Waals surface area contributed by atoms with Crippen molar-refractivity contribution in [2.45, 2.75) is 6.92 Å². The van der Waals surface area contributed by atoms with Gasteiger partial charge in [0.1, 0.15) is 0 Å². The number of carbonyl (C=O) groups is 2. The molecule has 0 fully saturated rings. The molecular weight excluding hydrogens is 424 g/mol. The fourth-order valence-electron chi connectivity index (χ4n) is 2.90. The summed E-state index contributed by atoms with van der Waals surface area (Å²) in [6, 6.07) is 18.5. The van der Waals surface area contributed by atoms with E-state index in [2.05, 4.69) is 10.5 Å². The highest BCUT2D eigenvalue weighted by Gasteiger charge is 2.16. The van der Waals surface area contributed by atoms with E-state index in [-0.39, 0.29) is 11.7 Å². The molecule has 33 heavy (non-hydrogen) atoms. The second-order valence-electron chi connectivity index (χ2n) is 6.66. The van der Waals surface area contributed by atoms with Gasteiger partial charge in [0, 0.05) is 5.56 Å². The molecule has 0 aliphatic heterocycles. The average Bonchev–Trinajstić information content (AvgIpc) is 2.85. The Bertz CT molecular complexity index is 1140. The molecule has 0 bridgehead atoms. The molecule has 1 N–H and O–H groups in total. The van der Waals surface area contributed by atoms with E-state index in [4.69, 9.17) is 18.9 Å². The summed E-state index contributed by atoms with van der Waals surface area (Å²) in [5, 5.41) is 3.98. The molecule has 3 aromatic carbocycles. The van der Waals surface area contributed by atoms with Crippen LogP contribution in [0.4, 0.5) is 0 Å². The Morgan fingerprint density at radius 1 is 0.848 bits per heavy atom. The van der Waals surface area contributed by atoms with Gasteiger partial charge in [-0.1, -0.05) is 18.2 Å². The van der Waals surface area contributed by atoms with E-state index in [0.717, 1.165) is 0 Å². The molecule has 0 spiro atoms. The molecule has 0 unspecified atom stereocenters. The lowest BCUT2D eigenvalue weighted by Crippen LogP contribution is -2.17. The minimum absolute atomic E-state index is 0.252. The van der Waals surface area contributed by atoms with Crippen molar-refractivity contribution in [1.29, 1.82) is 0 Å². The summed E-state index contributed by atoms with van der Waals surface area (Å²) in [4.78, 5) is 24.7. The summed E-state index contributed by atoms with van der Waals surface area (Å²) in [6.07, 6.45) is 1.48. The van der Waals surface area contributed by atoms with Crippen LogP contribution in [0.1, 0.15) is 33.2 Å². The summed E-state index contributed by atoms with van der Waals surface area (Å²) in [7, 11) is 3.00. The largest absolute Gasteiger partial charge is 0.493 e. The molecule has 0 aliphatic rings. The first-order valence-corrected chi connectivity index (χ1v) is 10.1. The number of carbonyl (C=O) groups excluding carboxylic acids is 2. The van der Waals surface area contributed by atoms with E-state index in [0.29, 0.717) is 40.5 Å². The number of nitrogens with zero attached hydrogens (tertiary/aromatic N) is 1. The molecule has 0 heterocycles. The Balaban J connectivity index is 1.73. The molecule has 1 amide bonds. The van der Waals surface area contributed by atoms with Crippen molar-refractivity contribution < 1.29 is 28.5 Å². The lowest BCUT2D eigenvalue weighted by molar-refractivity contribution is 0.0727. The van der Waals surface area contributed by atoms with E-state index >= 15 is 0 Å². The van der Waals surface area contributed by atoms with Crippen molar-refractivity contribution in [3.63, 3.8) is 0 Å². The Morgan fingerprint density at radius 3 is 2.27 bits per heavy atom. The summed E-state index contributed by atoms with van der Waals surface area (Å²) in [5.74, 6) is 0.644. The van der Waals surface area contributed by atoms with Crippen LogP contribution in [0.5, 0.6) is 23.0 Å². The van der Waals surface area contributed by atoms with Gasteiger partial charge in [-0.25, -0.2) is 10.2 Å². The molecule has 3 rings (SSSR count). The first-order chi connectivity index (χ1) is 16.0. The number of ether oxygens (including phenoxy) is 4. The number of nitrogens with one attached hydrogen (secondary N) is 1. The molecule has 0 aliphatic carbocycles. The molecule has 0 aromatic heterocycles. The van der Waals surface area contributed by atoms with Crippen LogP contribution >= 0.6 is 0 Å². The van der Waals surface area contributed by atoms with Crippen LogP contribution in [0.25, 0.3) is 0 Å². The molecule has 170 valence electrons. The number of hydrazone groups is 1. The fraction of sp³-hybridized carbons (Fsp3) is 0.160. The number of amides is 1. The lowest BCUT2D eigenvalue weighted by atomic mass is 10.2. The van der Waals surface area contributed by atoms with Crippen molar-refractivity contribution in [3.05, 3.63) is 83.4 Å². The maximum atomic E-state index is 12.7. The molecule has 0 radical (unpaired) electrons. The zero-order valence-electron chi connectivity index (χ0n) is 18.5. The van der Waals surface area contributed by atoms with Gasteiger partial charge in [0.15, 0.2) is 23.0 Å². The SMILES string of the molecule is CCOc1cc(C=NNC(=O)c2ccccc2)ccc1OC(=O)c1ccc(OC)c(OC)c1. The van der Waals surface area contributed by atoms with E-state index in [1.807, 2.05) is 13.0 Å². The number of hydrogen-bond donors (Lipinski definition) is 1. The highest BCUT2D eigenvalue weighted by atomic mass is 16.6. The van der Waals surface area contributed by atoms with Crippen LogP contribution in [-0.4, -0.2) is 38.9 Å². The van der Waals surface area contributed by atoms with Gasteiger partial charge >= 0.3 is 5.97 Å². The average molecular weight is 448 g/mol. The first kappa shape index (κ1) is 23.3. The number of hydrogen-bond acceptors (Lipinski definition) is 7. The van der Waals surface area contributed by atoms with Crippen LogP contribution in [0.15, 0.2) is 71.8 Å². The molecule has 8 nitrogen and oxygen atoms in total. The minimum Gasteiger partial charge on any atom is -0.493 e. The van der Waals surface area contributed by atoms with Crippen LogP contribution < -0.4 is 24.4 Å². The molecule has 0 saturated heterocycles. The smallest absolute Gasteiger partial charge is 0.343 e. The summed E-state index contributed by atoms with van der Waals surface area (Å²) in [6.45, 7) is 2.19. The van der Waals surface area contributed by atoms with Gasteiger partial charge < -0.3 is 18.9 Å². The number of methoxy groups -OCH3 is 2. The predicted molar refractivity (Wildman–Crippen MR) is 124 cm³/mol. The second kappa shape index (κ2) is 11.3. The summed E-state index contributed by atoms with van der Waals surface area (Å²) >= 11 is 0. The zero-order chi connectivity index (χ0) is 23.6. The first-order valence-electron chi connectivity index (χ1n) is 10.1. The van der Waals surface area contributed by atoms with Gasteiger partial charge in [-0.3, -0.25) is 4.79 Å². The third-order valence-corrected chi connectivity index (χ3v) is 4.51. The van der Waals surface area contributed by atoms with Crippen molar-refractivity contribution >= 4 is 18.1 Å². The summed E-state index contributed by atoms with van der Waals surface area (Å²) < 4.78 is 21.6. The van der Waals surface area contributed by atoms with E-state index < -0.39 is 5.97 Å². The number of benzene rings is 3. The van der Waals surface area contributed by atoms with E-state index in [1.54, 1.807) is 54.6 Å². The van der Waals surface area contributed by atoms with Gasteiger partial charge in [0.25, 0.3) is 5.91 Å². The number of rotatable bonds is 9. The van der Waals surface area contributed by atoms with Crippen LogP contribution in [0.2, 0.25) is 0 Å². The van der Waals surface area contributed by atoms with E-state index in [1.165, 1.54) is 26.5 Å². The standard InChI is InChI=1S/C25H24N2O6/c1-4-32-23-14-17(16-26-27-24(28)18-8-6-5-7-9-18)10-12-21(23)33-25(29)19-11-13-20(30-2)22(15-19)31-3/h5-16H,4H2,1-3H3,(H,27,28). The molecule has 8 heteroatoms. The maximum Gasteiger partial charge on any atom is 0.343 e. The highest BCUT2D eigenvalue weighted by molar-refractivity contribution is 5.95. The third kappa shape index (κ3) is 6.10. The van der Waals surface area contributed by atoms with Crippen molar-refractivity contribution in [1.82, 2.24) is 5.43 Å². The van der Waals surface area contributed by atoms with Crippen molar-refractivity contribution in [2.24, 2.45) is 5.10 Å². The van der Waals surface area contributed by atoms with Gasteiger partial charge in [-0.05, 0) is 61.0 Å². The Hall–Kier alpha value is -4.33. The van der Waals surface area contributed by atoms with Crippen LogP contribution in [0, 0.1) is 0 Å². The highest BCUT2D eigenvalue weighted by Crippen LogP contribution is 2.31. The van der Waals surface area contributed by atoms with Gasteiger partial charge in [0.05, 0.1) is 32.6 Å².